The van der Waals surface area contributed by atoms with Gasteiger partial charge in [0.15, 0.2) is 0 Å². The predicted octanol–water partition coefficient (Wildman–Crippen LogP) is 1.73. The monoisotopic (exact) mass is 258 g/mol. The number of unbranched alkanes of at least 4 members (excludes halogenated alkanes) is 1. The molecule has 0 fully saturated rings. The molecule has 1 aromatic rings. The predicted molar refractivity (Wildman–Crippen MR) is 65.3 cm³/mol. The van der Waals surface area contributed by atoms with Gasteiger partial charge in [-0.15, -0.1) is 0 Å². The van der Waals surface area contributed by atoms with Gasteiger partial charge in [-0.05, 0) is 37.0 Å². The Morgan fingerprint density at radius 3 is 2.71 bits per heavy atom. The molecule has 5 heteroatoms. The molecule has 4 nitrogen and oxygen atoms in total. The Balaban J connectivity index is 2.68. The highest BCUT2D eigenvalue weighted by Crippen LogP contribution is 2.15. The zero-order chi connectivity index (χ0) is 12.7. The largest absolute Gasteiger partial charge is 0.396 e. The number of hydrogen-bond acceptors (Lipinski definition) is 4. The average Bonchev–Trinajstić information content (AvgIpc) is 2.35. The summed E-state index contributed by atoms with van der Waals surface area (Å²) in [5.74, 6) is 0. The Morgan fingerprint density at radius 1 is 1.29 bits per heavy atom. The van der Waals surface area contributed by atoms with Crippen LogP contribution in [-0.2, 0) is 20.7 Å². The van der Waals surface area contributed by atoms with Crippen molar-refractivity contribution in [1.82, 2.24) is 0 Å². The molecule has 17 heavy (non-hydrogen) atoms. The van der Waals surface area contributed by atoms with Crippen molar-refractivity contribution in [2.45, 2.75) is 31.1 Å². The summed E-state index contributed by atoms with van der Waals surface area (Å²) in [4.78, 5) is 0.195. The third-order valence-corrected chi connectivity index (χ3v) is 3.69. The maximum Gasteiger partial charge on any atom is 0.296 e. The van der Waals surface area contributed by atoms with Crippen molar-refractivity contribution in [2.75, 3.05) is 13.2 Å². The Kier molecular flexibility index (Phi) is 5.61. The summed E-state index contributed by atoms with van der Waals surface area (Å²) in [6.07, 6.45) is 1.86. The SMILES string of the molecule is CCc1cccc(S(=O)(=O)OCCCCO)c1. The molecule has 0 radical (unpaired) electrons. The van der Waals surface area contributed by atoms with Crippen molar-refractivity contribution in [2.24, 2.45) is 0 Å². The van der Waals surface area contributed by atoms with Gasteiger partial charge in [-0.3, -0.25) is 4.18 Å². The van der Waals surface area contributed by atoms with E-state index in [1.54, 1.807) is 12.1 Å². The molecule has 1 N–H and O–H groups in total. The fourth-order valence-electron chi connectivity index (χ4n) is 1.37. The van der Waals surface area contributed by atoms with Gasteiger partial charge in [0, 0.05) is 6.61 Å². The summed E-state index contributed by atoms with van der Waals surface area (Å²) >= 11 is 0. The normalized spacial score (nSPS) is 11.6. The number of hydrogen-bond donors (Lipinski definition) is 1. The molecule has 0 aliphatic carbocycles. The molecule has 0 aromatic heterocycles. The highest BCUT2D eigenvalue weighted by molar-refractivity contribution is 7.86. The quantitative estimate of drug-likeness (QED) is 0.597. The Bertz CT molecular complexity index is 440. The first-order valence-corrected chi connectivity index (χ1v) is 7.10. The minimum Gasteiger partial charge on any atom is -0.396 e. The third-order valence-electron chi connectivity index (χ3n) is 2.39. The van der Waals surface area contributed by atoms with E-state index >= 15 is 0 Å². The van der Waals surface area contributed by atoms with Crippen LogP contribution in [0, 0.1) is 0 Å². The number of aliphatic hydroxyl groups is 1. The molecule has 1 rings (SSSR count). The average molecular weight is 258 g/mol. The van der Waals surface area contributed by atoms with Gasteiger partial charge in [0.25, 0.3) is 10.1 Å². The van der Waals surface area contributed by atoms with Crippen LogP contribution in [0.3, 0.4) is 0 Å². The molecule has 0 aliphatic heterocycles. The maximum absolute atomic E-state index is 11.8. The molecule has 0 heterocycles. The summed E-state index contributed by atoms with van der Waals surface area (Å²) in [6, 6.07) is 6.75. The fourth-order valence-corrected chi connectivity index (χ4v) is 2.39. The van der Waals surface area contributed by atoms with E-state index in [1.165, 1.54) is 6.07 Å². The lowest BCUT2D eigenvalue weighted by molar-refractivity contribution is 0.255. The zero-order valence-corrected chi connectivity index (χ0v) is 10.7. The van der Waals surface area contributed by atoms with Gasteiger partial charge in [-0.25, -0.2) is 0 Å². The van der Waals surface area contributed by atoms with E-state index < -0.39 is 10.1 Å². The molecule has 0 aliphatic rings. The van der Waals surface area contributed by atoms with Crippen LogP contribution in [0.15, 0.2) is 29.2 Å². The van der Waals surface area contributed by atoms with Crippen LogP contribution < -0.4 is 0 Å². The van der Waals surface area contributed by atoms with Gasteiger partial charge < -0.3 is 5.11 Å². The number of rotatable bonds is 7. The second-order valence-electron chi connectivity index (χ2n) is 3.71. The first-order chi connectivity index (χ1) is 8.10. The minimum atomic E-state index is -3.65. The van der Waals surface area contributed by atoms with E-state index in [-0.39, 0.29) is 18.1 Å². The fraction of sp³-hybridized carbons (Fsp3) is 0.500. The van der Waals surface area contributed by atoms with Crippen LogP contribution in [0.25, 0.3) is 0 Å². The minimum absolute atomic E-state index is 0.0503. The first-order valence-electron chi connectivity index (χ1n) is 5.69. The van der Waals surface area contributed by atoms with Gasteiger partial charge in [0.05, 0.1) is 11.5 Å². The molecule has 96 valence electrons. The second-order valence-corrected chi connectivity index (χ2v) is 5.32. The molecular weight excluding hydrogens is 240 g/mol. The molecular formula is C12H18O4S. The van der Waals surface area contributed by atoms with Crippen molar-refractivity contribution in [3.63, 3.8) is 0 Å². The van der Waals surface area contributed by atoms with Gasteiger partial charge in [-0.1, -0.05) is 19.1 Å². The topological polar surface area (TPSA) is 63.6 Å². The summed E-state index contributed by atoms with van der Waals surface area (Å²) in [6.45, 7) is 2.13. The Labute approximate surface area is 102 Å². The highest BCUT2D eigenvalue weighted by Gasteiger charge is 2.14. The summed E-state index contributed by atoms with van der Waals surface area (Å²) < 4.78 is 28.4. The third kappa shape index (κ3) is 4.46. The number of aryl methyl sites for hydroxylation is 1. The summed E-state index contributed by atoms with van der Waals surface area (Å²) in [5.41, 5.74) is 0.963. The van der Waals surface area contributed by atoms with Gasteiger partial charge in [0.2, 0.25) is 0 Å². The van der Waals surface area contributed by atoms with Crippen LogP contribution in [-0.4, -0.2) is 26.7 Å². The van der Waals surface area contributed by atoms with Crippen molar-refractivity contribution in [3.05, 3.63) is 29.8 Å². The number of aliphatic hydroxyl groups excluding tert-OH is 1. The van der Waals surface area contributed by atoms with Gasteiger partial charge in [0.1, 0.15) is 0 Å². The van der Waals surface area contributed by atoms with Gasteiger partial charge in [-0.2, -0.15) is 8.42 Å². The lowest BCUT2D eigenvalue weighted by Gasteiger charge is -2.06. The molecule has 0 saturated heterocycles. The maximum atomic E-state index is 11.8. The molecule has 0 atom stereocenters. The molecule has 0 amide bonds. The van der Waals surface area contributed by atoms with Crippen LogP contribution in [0.1, 0.15) is 25.3 Å². The van der Waals surface area contributed by atoms with E-state index in [2.05, 4.69) is 0 Å². The molecule has 0 saturated carbocycles. The summed E-state index contributed by atoms with van der Waals surface area (Å²) in [7, 11) is -3.65. The molecule has 0 bridgehead atoms. The van der Waals surface area contributed by atoms with E-state index in [1.807, 2.05) is 13.0 Å². The molecule has 0 spiro atoms. The highest BCUT2D eigenvalue weighted by atomic mass is 32.2. The summed E-state index contributed by atoms with van der Waals surface area (Å²) in [5, 5.41) is 8.58. The molecule has 0 unspecified atom stereocenters. The van der Waals surface area contributed by atoms with Crippen LogP contribution in [0.2, 0.25) is 0 Å². The number of benzene rings is 1. The molecule has 1 aromatic carbocycles. The Hall–Kier alpha value is -0.910. The second kappa shape index (κ2) is 6.74. The van der Waals surface area contributed by atoms with Crippen molar-refractivity contribution in [3.8, 4) is 0 Å². The standard InChI is InChI=1S/C12H18O4S/c1-2-11-6-5-7-12(10-11)17(14,15)16-9-4-3-8-13/h5-7,10,13H,2-4,8-9H2,1H3. The van der Waals surface area contributed by atoms with Crippen molar-refractivity contribution in [1.29, 1.82) is 0 Å². The first kappa shape index (κ1) is 14.2. The van der Waals surface area contributed by atoms with E-state index in [9.17, 15) is 8.42 Å². The van der Waals surface area contributed by atoms with E-state index in [0.29, 0.717) is 12.8 Å². The van der Waals surface area contributed by atoms with Crippen LogP contribution >= 0.6 is 0 Å². The lowest BCUT2D eigenvalue weighted by Crippen LogP contribution is -2.08. The zero-order valence-electron chi connectivity index (χ0n) is 9.93. The van der Waals surface area contributed by atoms with Crippen molar-refractivity contribution >= 4 is 10.1 Å². The van der Waals surface area contributed by atoms with Crippen LogP contribution in [0.5, 0.6) is 0 Å². The smallest absolute Gasteiger partial charge is 0.296 e. The van der Waals surface area contributed by atoms with Crippen molar-refractivity contribution < 1.29 is 17.7 Å². The Morgan fingerprint density at radius 2 is 2.06 bits per heavy atom. The van der Waals surface area contributed by atoms with E-state index in [0.717, 1.165) is 12.0 Å². The van der Waals surface area contributed by atoms with E-state index in [4.69, 9.17) is 9.29 Å². The van der Waals surface area contributed by atoms with Gasteiger partial charge >= 0.3 is 0 Å². The lowest BCUT2D eigenvalue weighted by atomic mass is 10.2. The van der Waals surface area contributed by atoms with Crippen LogP contribution in [0.4, 0.5) is 0 Å².